The van der Waals surface area contributed by atoms with Crippen LogP contribution in [0.3, 0.4) is 0 Å². The molecule has 7 heteroatoms. The van der Waals surface area contributed by atoms with Crippen LogP contribution < -0.4 is 14.9 Å². The van der Waals surface area contributed by atoms with Crippen LogP contribution in [0.5, 0.6) is 0 Å². The summed E-state index contributed by atoms with van der Waals surface area (Å²) in [4.78, 5) is 2.28. The smallest absolute Gasteiger partial charge is 0.262 e. The van der Waals surface area contributed by atoms with Crippen molar-refractivity contribution in [1.29, 1.82) is 0 Å². The highest BCUT2D eigenvalue weighted by molar-refractivity contribution is 7.93. The average Bonchev–Trinajstić information content (AvgIpc) is 2.66. The topological polar surface area (TPSA) is 61.4 Å². The molecule has 1 aliphatic heterocycles. The van der Waals surface area contributed by atoms with Gasteiger partial charge in [0.25, 0.3) is 10.0 Å². The Balaban J connectivity index is 0.00000225. The maximum Gasteiger partial charge on any atom is 0.262 e. The van der Waals surface area contributed by atoms with Gasteiger partial charge in [0.15, 0.2) is 0 Å². The molecule has 0 aliphatic carbocycles. The van der Waals surface area contributed by atoms with Gasteiger partial charge in [-0.1, -0.05) is 30.3 Å². The zero-order valence-corrected chi connectivity index (χ0v) is 17.5. The standard InChI is InChI=1S/C21H23N3O2S.ClH/c1-24(2)20-7-3-6-19-18(20)5-4-8-21(19)27(25,26)23-17-10-9-16-14-22-12-11-15(16)13-17;/h3-10,13,22-23H,11-12,14H2,1-2H3;1H. The van der Waals surface area contributed by atoms with Crippen molar-refractivity contribution in [3.8, 4) is 0 Å². The van der Waals surface area contributed by atoms with Crippen molar-refractivity contribution in [2.45, 2.75) is 17.9 Å². The quantitative estimate of drug-likeness (QED) is 0.678. The number of nitrogens with zero attached hydrogens (tertiary/aromatic N) is 1. The summed E-state index contributed by atoms with van der Waals surface area (Å²) in [5.74, 6) is 0. The maximum atomic E-state index is 13.1. The number of halogens is 1. The molecule has 0 fully saturated rings. The number of sulfonamides is 1. The number of rotatable bonds is 4. The van der Waals surface area contributed by atoms with E-state index in [0.29, 0.717) is 10.6 Å². The Hall–Kier alpha value is -2.28. The first kappa shape index (κ1) is 20.5. The molecule has 0 saturated heterocycles. The summed E-state index contributed by atoms with van der Waals surface area (Å²) in [5, 5.41) is 4.97. The summed E-state index contributed by atoms with van der Waals surface area (Å²) in [5.41, 5.74) is 4.02. The fourth-order valence-electron chi connectivity index (χ4n) is 3.64. The molecule has 1 aliphatic rings. The summed E-state index contributed by atoms with van der Waals surface area (Å²) in [6.07, 6.45) is 0.908. The van der Waals surface area contributed by atoms with Crippen LogP contribution in [0.2, 0.25) is 0 Å². The molecule has 28 heavy (non-hydrogen) atoms. The molecule has 0 bridgehead atoms. The van der Waals surface area contributed by atoms with E-state index in [1.807, 2.05) is 61.5 Å². The lowest BCUT2D eigenvalue weighted by molar-refractivity contribution is 0.602. The fraction of sp³-hybridized carbons (Fsp3) is 0.238. The summed E-state index contributed by atoms with van der Waals surface area (Å²) in [6, 6.07) is 16.9. The molecule has 3 aromatic carbocycles. The number of nitrogens with one attached hydrogen (secondary N) is 2. The second-order valence-electron chi connectivity index (χ2n) is 7.04. The van der Waals surface area contributed by atoms with Gasteiger partial charge in [-0.3, -0.25) is 4.72 Å². The first-order valence-electron chi connectivity index (χ1n) is 9.00. The van der Waals surface area contributed by atoms with Crippen molar-refractivity contribution >= 4 is 44.6 Å². The highest BCUT2D eigenvalue weighted by Gasteiger charge is 2.19. The van der Waals surface area contributed by atoms with Crippen LogP contribution >= 0.6 is 12.4 Å². The number of fused-ring (bicyclic) bond motifs is 2. The van der Waals surface area contributed by atoms with Crippen molar-refractivity contribution in [2.24, 2.45) is 0 Å². The third kappa shape index (κ3) is 3.81. The summed E-state index contributed by atoms with van der Waals surface area (Å²) in [7, 11) is 0.216. The Labute approximate surface area is 172 Å². The molecule has 3 aromatic rings. The van der Waals surface area contributed by atoms with E-state index in [-0.39, 0.29) is 12.4 Å². The highest BCUT2D eigenvalue weighted by atomic mass is 35.5. The Morgan fingerprint density at radius 2 is 1.71 bits per heavy atom. The third-order valence-electron chi connectivity index (χ3n) is 4.98. The van der Waals surface area contributed by atoms with Crippen LogP contribution in [0.15, 0.2) is 59.5 Å². The molecule has 0 radical (unpaired) electrons. The molecule has 1 heterocycles. The first-order valence-corrected chi connectivity index (χ1v) is 10.5. The number of hydrogen-bond acceptors (Lipinski definition) is 4. The molecule has 0 saturated carbocycles. The van der Waals surface area contributed by atoms with Crippen LogP contribution in [-0.4, -0.2) is 29.1 Å². The van der Waals surface area contributed by atoms with Gasteiger partial charge in [-0.05, 0) is 48.4 Å². The van der Waals surface area contributed by atoms with Gasteiger partial charge in [-0.2, -0.15) is 0 Å². The van der Waals surface area contributed by atoms with Gasteiger partial charge < -0.3 is 10.2 Å². The lowest BCUT2D eigenvalue weighted by Gasteiger charge is -2.19. The third-order valence-corrected chi connectivity index (χ3v) is 6.41. The Morgan fingerprint density at radius 1 is 0.964 bits per heavy atom. The second kappa shape index (κ2) is 7.99. The lowest BCUT2D eigenvalue weighted by Crippen LogP contribution is -2.23. The zero-order valence-electron chi connectivity index (χ0n) is 15.9. The molecule has 5 nitrogen and oxygen atoms in total. The van der Waals surface area contributed by atoms with Crippen molar-refractivity contribution in [3.63, 3.8) is 0 Å². The van der Waals surface area contributed by atoms with E-state index in [0.717, 1.165) is 36.0 Å². The predicted molar refractivity (Wildman–Crippen MR) is 118 cm³/mol. The maximum absolute atomic E-state index is 13.1. The van der Waals surface area contributed by atoms with Crippen molar-refractivity contribution in [1.82, 2.24) is 5.32 Å². The molecule has 0 aromatic heterocycles. The minimum atomic E-state index is -3.69. The normalized spacial score (nSPS) is 13.5. The largest absolute Gasteiger partial charge is 0.377 e. The molecule has 0 atom stereocenters. The Morgan fingerprint density at radius 3 is 2.50 bits per heavy atom. The minimum absolute atomic E-state index is 0. The number of benzene rings is 3. The van der Waals surface area contributed by atoms with Crippen molar-refractivity contribution < 1.29 is 8.42 Å². The van der Waals surface area contributed by atoms with Gasteiger partial charge >= 0.3 is 0 Å². The van der Waals surface area contributed by atoms with E-state index in [2.05, 4.69) is 10.0 Å². The molecular weight excluding hydrogens is 394 g/mol. The van der Waals surface area contributed by atoms with E-state index in [9.17, 15) is 8.42 Å². The van der Waals surface area contributed by atoms with Crippen LogP contribution in [0.1, 0.15) is 11.1 Å². The highest BCUT2D eigenvalue weighted by Crippen LogP contribution is 2.31. The van der Waals surface area contributed by atoms with Gasteiger partial charge in [0.1, 0.15) is 0 Å². The van der Waals surface area contributed by atoms with Crippen molar-refractivity contribution in [2.75, 3.05) is 30.3 Å². The van der Waals surface area contributed by atoms with Gasteiger partial charge in [0, 0.05) is 42.8 Å². The van der Waals surface area contributed by atoms with E-state index in [4.69, 9.17) is 0 Å². The van der Waals surface area contributed by atoms with E-state index >= 15 is 0 Å². The fourth-order valence-corrected chi connectivity index (χ4v) is 4.91. The zero-order chi connectivity index (χ0) is 19.0. The molecule has 148 valence electrons. The molecule has 0 spiro atoms. The van der Waals surface area contributed by atoms with Crippen molar-refractivity contribution in [3.05, 3.63) is 65.7 Å². The Kier molecular flexibility index (Phi) is 5.84. The SMILES string of the molecule is CN(C)c1cccc2c(S(=O)(=O)Nc3ccc4c(c3)CCNC4)cccc12.Cl. The minimum Gasteiger partial charge on any atom is -0.377 e. The van der Waals surface area contributed by atoms with Gasteiger partial charge in [0.2, 0.25) is 0 Å². The van der Waals surface area contributed by atoms with Crippen LogP contribution in [-0.2, 0) is 23.0 Å². The summed E-state index contributed by atoms with van der Waals surface area (Å²) in [6.45, 7) is 1.75. The Bertz CT molecular complexity index is 1110. The average molecular weight is 418 g/mol. The van der Waals surface area contributed by atoms with Crippen LogP contribution in [0, 0.1) is 0 Å². The molecular formula is C21H24ClN3O2S. The van der Waals surface area contributed by atoms with Crippen LogP contribution in [0.4, 0.5) is 11.4 Å². The second-order valence-corrected chi connectivity index (χ2v) is 8.69. The van der Waals surface area contributed by atoms with E-state index in [1.54, 1.807) is 12.1 Å². The van der Waals surface area contributed by atoms with Crippen LogP contribution in [0.25, 0.3) is 10.8 Å². The molecule has 0 unspecified atom stereocenters. The predicted octanol–water partition coefficient (Wildman–Crippen LogP) is 3.77. The van der Waals surface area contributed by atoms with Gasteiger partial charge in [-0.25, -0.2) is 8.42 Å². The first-order chi connectivity index (χ1) is 13.0. The lowest BCUT2D eigenvalue weighted by atomic mass is 10.0. The molecule has 2 N–H and O–H groups in total. The van der Waals surface area contributed by atoms with E-state index in [1.165, 1.54) is 11.1 Å². The monoisotopic (exact) mass is 417 g/mol. The van der Waals surface area contributed by atoms with E-state index < -0.39 is 10.0 Å². The number of anilines is 2. The van der Waals surface area contributed by atoms with Gasteiger partial charge in [-0.15, -0.1) is 12.4 Å². The summed E-state index contributed by atoms with van der Waals surface area (Å²) >= 11 is 0. The molecule has 0 amide bonds. The van der Waals surface area contributed by atoms with Gasteiger partial charge in [0.05, 0.1) is 4.90 Å². The number of hydrogen-bond donors (Lipinski definition) is 2. The molecule has 4 rings (SSSR count). The summed E-state index contributed by atoms with van der Waals surface area (Å²) < 4.78 is 29.0.